The number of amides is 1. The summed E-state index contributed by atoms with van der Waals surface area (Å²) in [6.07, 6.45) is 0. The topological polar surface area (TPSA) is 42.0 Å². The van der Waals surface area contributed by atoms with Crippen LogP contribution in [0.1, 0.15) is 10.4 Å². The van der Waals surface area contributed by atoms with Crippen LogP contribution in [0.3, 0.4) is 0 Å². The maximum Gasteiger partial charge on any atom is 0.259 e. The lowest BCUT2D eigenvalue weighted by molar-refractivity contribution is 0.102. The van der Waals surface area contributed by atoms with E-state index in [1.165, 1.54) is 23.7 Å². The van der Waals surface area contributed by atoms with E-state index in [1.807, 2.05) is 24.3 Å². The number of fused-ring (bicyclic) bond motifs is 1. The van der Waals surface area contributed by atoms with Gasteiger partial charge in [0.15, 0.2) is 5.82 Å². The number of aromatic nitrogens is 1. The molecule has 0 bridgehead atoms. The number of hydrogen-bond donors (Lipinski definition) is 1. The van der Waals surface area contributed by atoms with E-state index in [0.29, 0.717) is 10.3 Å². The molecule has 3 aromatic rings. The number of carbonyl (C=O) groups excluding carboxylic acids is 1. The molecule has 2 aromatic carbocycles. The number of benzene rings is 2. The summed E-state index contributed by atoms with van der Waals surface area (Å²) >= 11 is 4.45. The van der Waals surface area contributed by atoms with Crippen LogP contribution in [-0.4, -0.2) is 10.3 Å². The van der Waals surface area contributed by atoms with Gasteiger partial charge in [-0.2, -0.15) is 4.37 Å². The predicted octanol–water partition coefficient (Wildman–Crippen LogP) is 4.45. The molecular weight excluding hydrogens is 343 g/mol. The summed E-state index contributed by atoms with van der Waals surface area (Å²) < 4.78 is 19.5. The molecule has 0 fully saturated rings. The van der Waals surface area contributed by atoms with Crippen molar-refractivity contribution in [2.75, 3.05) is 5.32 Å². The van der Waals surface area contributed by atoms with Gasteiger partial charge in [-0.3, -0.25) is 4.79 Å². The lowest BCUT2D eigenvalue weighted by Gasteiger charge is -2.04. The van der Waals surface area contributed by atoms with Crippen molar-refractivity contribution in [3.63, 3.8) is 0 Å². The summed E-state index contributed by atoms with van der Waals surface area (Å²) in [5.41, 5.74) is -0.00900. The summed E-state index contributed by atoms with van der Waals surface area (Å²) in [5.74, 6) is -0.625. The molecule has 0 unspecified atom stereocenters. The first-order chi connectivity index (χ1) is 9.65. The van der Waals surface area contributed by atoms with Gasteiger partial charge in [-0.15, -0.1) is 0 Å². The minimum Gasteiger partial charge on any atom is -0.305 e. The lowest BCUT2D eigenvalue weighted by Crippen LogP contribution is -2.14. The first-order valence-corrected chi connectivity index (χ1v) is 7.32. The van der Waals surface area contributed by atoms with Crippen molar-refractivity contribution < 1.29 is 9.18 Å². The van der Waals surface area contributed by atoms with Crippen LogP contribution in [0.5, 0.6) is 0 Å². The van der Waals surface area contributed by atoms with Crippen molar-refractivity contribution in [2.45, 2.75) is 0 Å². The molecule has 0 aliphatic heterocycles. The smallest absolute Gasteiger partial charge is 0.259 e. The molecule has 0 saturated carbocycles. The average Bonchev–Trinajstić information content (AvgIpc) is 2.82. The highest BCUT2D eigenvalue weighted by Gasteiger charge is 2.14. The Balaban J connectivity index is 1.92. The second-order valence-corrected chi connectivity index (χ2v) is 5.83. The number of nitrogens with zero attached hydrogens (tertiary/aromatic N) is 1. The van der Waals surface area contributed by atoms with E-state index >= 15 is 0 Å². The van der Waals surface area contributed by atoms with Gasteiger partial charge in [0, 0.05) is 9.86 Å². The van der Waals surface area contributed by atoms with Crippen molar-refractivity contribution in [1.82, 2.24) is 4.37 Å². The zero-order valence-corrected chi connectivity index (χ0v) is 12.5. The van der Waals surface area contributed by atoms with Crippen LogP contribution in [0, 0.1) is 5.82 Å². The molecule has 0 spiro atoms. The molecule has 0 radical (unpaired) electrons. The summed E-state index contributed by atoms with van der Waals surface area (Å²) in [4.78, 5) is 12.1. The van der Waals surface area contributed by atoms with Gasteiger partial charge in [0.25, 0.3) is 5.91 Å². The highest BCUT2D eigenvalue weighted by molar-refractivity contribution is 9.10. The predicted molar refractivity (Wildman–Crippen MR) is 81.7 cm³/mol. The molecule has 1 N–H and O–H groups in total. The van der Waals surface area contributed by atoms with Crippen molar-refractivity contribution in [3.05, 3.63) is 58.3 Å². The molecule has 1 amide bonds. The zero-order valence-electron chi connectivity index (χ0n) is 10.1. The maximum absolute atomic E-state index is 13.7. The summed E-state index contributed by atoms with van der Waals surface area (Å²) in [7, 11) is 0. The number of carbonyl (C=O) groups is 1. The number of anilines is 1. The largest absolute Gasteiger partial charge is 0.305 e. The van der Waals surface area contributed by atoms with E-state index in [4.69, 9.17) is 0 Å². The summed E-state index contributed by atoms with van der Waals surface area (Å²) in [6.45, 7) is 0. The Morgan fingerprint density at radius 2 is 2.05 bits per heavy atom. The van der Waals surface area contributed by atoms with Gasteiger partial charge in [-0.25, -0.2) is 4.39 Å². The van der Waals surface area contributed by atoms with Crippen LogP contribution in [-0.2, 0) is 0 Å². The first kappa shape index (κ1) is 13.2. The Bertz CT molecular complexity index is 803. The van der Waals surface area contributed by atoms with Gasteiger partial charge in [0.2, 0.25) is 0 Å². The molecule has 0 atom stereocenters. The van der Waals surface area contributed by atoms with E-state index in [1.54, 1.807) is 6.07 Å². The van der Waals surface area contributed by atoms with Crippen LogP contribution in [0.2, 0.25) is 0 Å². The standard InChI is InChI=1S/C14H8BrFN2OS/c15-8-5-6-9(11(16)7-8)14(19)17-13-10-3-1-2-4-12(10)20-18-13/h1-7H,(H,17,18,19). The number of nitrogens with one attached hydrogen (secondary N) is 1. The molecular formula is C14H8BrFN2OS. The summed E-state index contributed by atoms with van der Waals surface area (Å²) in [6, 6.07) is 11.9. The number of hydrogen-bond acceptors (Lipinski definition) is 3. The van der Waals surface area contributed by atoms with Gasteiger partial charge in [-0.1, -0.05) is 28.1 Å². The molecule has 1 aromatic heterocycles. The second kappa shape index (κ2) is 5.30. The van der Waals surface area contributed by atoms with Gasteiger partial charge in [0.1, 0.15) is 5.82 Å². The molecule has 6 heteroatoms. The molecule has 3 nitrogen and oxygen atoms in total. The fraction of sp³-hybridized carbons (Fsp3) is 0. The maximum atomic E-state index is 13.7. The van der Waals surface area contributed by atoms with E-state index in [9.17, 15) is 9.18 Å². The first-order valence-electron chi connectivity index (χ1n) is 5.76. The highest BCUT2D eigenvalue weighted by atomic mass is 79.9. The average molecular weight is 351 g/mol. The van der Waals surface area contributed by atoms with Crippen LogP contribution in [0.15, 0.2) is 46.9 Å². The van der Waals surface area contributed by atoms with Gasteiger partial charge in [-0.05, 0) is 41.9 Å². The van der Waals surface area contributed by atoms with Crippen LogP contribution < -0.4 is 5.32 Å². The van der Waals surface area contributed by atoms with E-state index in [-0.39, 0.29) is 5.56 Å². The fourth-order valence-corrected chi connectivity index (χ4v) is 2.89. The van der Waals surface area contributed by atoms with Crippen molar-refractivity contribution in [3.8, 4) is 0 Å². The van der Waals surface area contributed by atoms with Gasteiger partial charge in [0.05, 0.1) is 10.3 Å². The minimum atomic E-state index is -0.573. The molecule has 100 valence electrons. The monoisotopic (exact) mass is 350 g/mol. The Hall–Kier alpha value is -1.79. The Morgan fingerprint density at radius 1 is 1.25 bits per heavy atom. The fourth-order valence-electron chi connectivity index (χ4n) is 1.82. The normalized spacial score (nSPS) is 10.7. The van der Waals surface area contributed by atoms with E-state index in [2.05, 4.69) is 25.6 Å². The third-order valence-corrected chi connectivity index (χ3v) is 4.10. The molecule has 3 rings (SSSR count). The van der Waals surface area contributed by atoms with E-state index < -0.39 is 11.7 Å². The quantitative estimate of drug-likeness (QED) is 0.741. The van der Waals surface area contributed by atoms with Crippen LogP contribution in [0.4, 0.5) is 10.2 Å². The Kier molecular flexibility index (Phi) is 3.50. The molecule has 0 aliphatic rings. The van der Waals surface area contributed by atoms with Gasteiger partial charge >= 0.3 is 0 Å². The van der Waals surface area contributed by atoms with E-state index in [0.717, 1.165) is 10.1 Å². The molecule has 20 heavy (non-hydrogen) atoms. The Morgan fingerprint density at radius 3 is 2.85 bits per heavy atom. The van der Waals surface area contributed by atoms with Crippen molar-refractivity contribution >= 4 is 49.3 Å². The molecule has 1 heterocycles. The summed E-state index contributed by atoms with van der Waals surface area (Å²) in [5, 5.41) is 3.50. The highest BCUT2D eigenvalue weighted by Crippen LogP contribution is 2.26. The van der Waals surface area contributed by atoms with Gasteiger partial charge < -0.3 is 5.32 Å². The third kappa shape index (κ3) is 2.44. The van der Waals surface area contributed by atoms with Crippen molar-refractivity contribution in [1.29, 1.82) is 0 Å². The Labute approximate surface area is 126 Å². The minimum absolute atomic E-state index is 0.00900. The number of rotatable bonds is 2. The van der Waals surface area contributed by atoms with Crippen molar-refractivity contribution in [2.24, 2.45) is 0 Å². The second-order valence-electron chi connectivity index (χ2n) is 4.11. The zero-order chi connectivity index (χ0) is 14.1. The number of halogens is 2. The molecule has 0 saturated heterocycles. The molecule has 0 aliphatic carbocycles. The SMILES string of the molecule is O=C(Nc1nsc2ccccc12)c1ccc(Br)cc1F. The van der Waals surface area contributed by atoms with Crippen LogP contribution >= 0.6 is 27.5 Å². The third-order valence-electron chi connectivity index (χ3n) is 2.79. The van der Waals surface area contributed by atoms with Crippen LogP contribution in [0.25, 0.3) is 10.1 Å². The lowest BCUT2D eigenvalue weighted by atomic mass is 10.2.